The van der Waals surface area contributed by atoms with Gasteiger partial charge in [-0.2, -0.15) is 5.10 Å². The van der Waals surface area contributed by atoms with Gasteiger partial charge in [-0.1, -0.05) is 11.6 Å². The van der Waals surface area contributed by atoms with Gasteiger partial charge in [0.25, 0.3) is 0 Å². The third-order valence-corrected chi connectivity index (χ3v) is 2.72. The lowest BCUT2D eigenvalue weighted by atomic mass is 10.0. The number of methoxy groups -OCH3 is 1. The number of ether oxygens (including phenoxy) is 1. The molecule has 0 spiro atoms. The molecule has 0 aliphatic rings. The number of hydrogen-bond donors (Lipinski definition) is 2. The Labute approximate surface area is 98.4 Å². The van der Waals surface area contributed by atoms with E-state index < -0.39 is 0 Å². The first-order valence-electron chi connectivity index (χ1n) is 4.77. The number of H-pyrrole nitrogens is 1. The number of nitrogens with one attached hydrogen (secondary N) is 1. The maximum Gasteiger partial charge on any atom is 0.126 e. The third kappa shape index (κ3) is 1.72. The van der Waals surface area contributed by atoms with Crippen LogP contribution in [0.3, 0.4) is 0 Å². The molecule has 0 radical (unpaired) electrons. The Balaban J connectivity index is 2.65. The molecule has 1 aromatic heterocycles. The predicted molar refractivity (Wildman–Crippen MR) is 64.7 cm³/mol. The molecule has 0 amide bonds. The number of aromatic nitrogens is 2. The van der Waals surface area contributed by atoms with Crippen LogP contribution in [0.1, 0.15) is 5.56 Å². The van der Waals surface area contributed by atoms with Crippen molar-refractivity contribution in [2.24, 2.45) is 0 Å². The standard InChI is InChI=1S/C11H12ClN3O/c1-6-8(9-5-14-15-11(9)13)3-7(12)4-10(6)16-2/h3-5H,1-2H3,(H3,13,14,15). The number of anilines is 1. The van der Waals surface area contributed by atoms with Crippen LogP contribution in [-0.2, 0) is 0 Å². The van der Waals surface area contributed by atoms with Crippen molar-refractivity contribution < 1.29 is 4.74 Å². The van der Waals surface area contributed by atoms with E-state index in [0.29, 0.717) is 10.8 Å². The van der Waals surface area contributed by atoms with Crippen molar-refractivity contribution in [2.45, 2.75) is 6.92 Å². The first-order chi connectivity index (χ1) is 7.63. The smallest absolute Gasteiger partial charge is 0.126 e. The summed E-state index contributed by atoms with van der Waals surface area (Å²) in [5, 5.41) is 7.19. The minimum atomic E-state index is 0.521. The lowest BCUT2D eigenvalue weighted by molar-refractivity contribution is 0.412. The van der Waals surface area contributed by atoms with Crippen molar-refractivity contribution in [2.75, 3.05) is 12.8 Å². The molecule has 0 fully saturated rings. The van der Waals surface area contributed by atoms with Gasteiger partial charge in [0.2, 0.25) is 0 Å². The van der Waals surface area contributed by atoms with Crippen LogP contribution in [0.15, 0.2) is 18.3 Å². The van der Waals surface area contributed by atoms with Crippen molar-refractivity contribution in [3.05, 3.63) is 28.9 Å². The molecule has 1 heterocycles. The summed E-state index contributed by atoms with van der Waals surface area (Å²) in [4.78, 5) is 0. The Morgan fingerprint density at radius 1 is 1.38 bits per heavy atom. The van der Waals surface area contributed by atoms with Gasteiger partial charge in [-0.25, -0.2) is 0 Å². The largest absolute Gasteiger partial charge is 0.496 e. The number of halogens is 1. The van der Waals surface area contributed by atoms with Crippen LogP contribution in [-0.4, -0.2) is 17.3 Å². The van der Waals surface area contributed by atoms with E-state index in [9.17, 15) is 0 Å². The Kier molecular flexibility index (Phi) is 2.75. The van der Waals surface area contributed by atoms with Crippen molar-refractivity contribution in [3.63, 3.8) is 0 Å². The molecule has 0 saturated heterocycles. The lowest BCUT2D eigenvalue weighted by Gasteiger charge is -2.10. The summed E-state index contributed by atoms with van der Waals surface area (Å²) in [5.41, 5.74) is 8.53. The van der Waals surface area contributed by atoms with Crippen LogP contribution in [0.4, 0.5) is 5.82 Å². The summed E-state index contributed by atoms with van der Waals surface area (Å²) in [5.74, 6) is 1.26. The zero-order valence-electron chi connectivity index (χ0n) is 9.04. The van der Waals surface area contributed by atoms with E-state index in [4.69, 9.17) is 22.1 Å². The van der Waals surface area contributed by atoms with Gasteiger partial charge < -0.3 is 10.5 Å². The zero-order valence-corrected chi connectivity index (χ0v) is 9.80. The summed E-state index contributed by atoms with van der Waals surface area (Å²) in [6, 6.07) is 3.62. The number of aromatic amines is 1. The molecule has 16 heavy (non-hydrogen) atoms. The second-order valence-corrected chi connectivity index (χ2v) is 3.91. The Bertz CT molecular complexity index is 522. The molecule has 2 aromatic rings. The Morgan fingerprint density at radius 3 is 2.69 bits per heavy atom. The maximum atomic E-state index is 6.02. The van der Waals surface area contributed by atoms with Crippen LogP contribution in [0, 0.1) is 6.92 Å². The highest BCUT2D eigenvalue weighted by molar-refractivity contribution is 6.31. The molecule has 0 bridgehead atoms. The SMILES string of the molecule is COc1cc(Cl)cc(-c2cn[nH]c2N)c1C. The fraction of sp³-hybridized carbons (Fsp3) is 0.182. The number of nitrogen functional groups attached to an aromatic ring is 1. The molecule has 0 aliphatic heterocycles. The summed E-state index contributed by atoms with van der Waals surface area (Å²) < 4.78 is 5.25. The monoisotopic (exact) mass is 237 g/mol. The molecule has 3 N–H and O–H groups in total. The van der Waals surface area contributed by atoms with Gasteiger partial charge in [0, 0.05) is 10.6 Å². The van der Waals surface area contributed by atoms with E-state index in [1.165, 1.54) is 0 Å². The van der Waals surface area contributed by atoms with E-state index in [2.05, 4.69) is 10.2 Å². The minimum Gasteiger partial charge on any atom is -0.496 e. The summed E-state index contributed by atoms with van der Waals surface area (Å²) in [6.07, 6.45) is 1.67. The van der Waals surface area contributed by atoms with Crippen molar-refractivity contribution in [1.82, 2.24) is 10.2 Å². The normalized spacial score (nSPS) is 10.4. The first-order valence-corrected chi connectivity index (χ1v) is 5.14. The number of nitrogens with zero attached hydrogens (tertiary/aromatic N) is 1. The van der Waals surface area contributed by atoms with Gasteiger partial charge in [0.05, 0.1) is 13.3 Å². The van der Waals surface area contributed by atoms with Gasteiger partial charge >= 0.3 is 0 Å². The van der Waals surface area contributed by atoms with Crippen LogP contribution < -0.4 is 10.5 Å². The molecule has 5 heteroatoms. The van der Waals surface area contributed by atoms with E-state index in [0.717, 1.165) is 22.4 Å². The molecular weight excluding hydrogens is 226 g/mol. The highest BCUT2D eigenvalue weighted by atomic mass is 35.5. The molecule has 84 valence electrons. The molecule has 0 unspecified atom stereocenters. The molecular formula is C11H12ClN3O. The number of nitrogens with two attached hydrogens (primary N) is 1. The fourth-order valence-corrected chi connectivity index (χ4v) is 1.86. The molecule has 0 aliphatic carbocycles. The van der Waals surface area contributed by atoms with E-state index in [-0.39, 0.29) is 0 Å². The number of hydrogen-bond acceptors (Lipinski definition) is 3. The molecule has 4 nitrogen and oxygen atoms in total. The van der Waals surface area contributed by atoms with Gasteiger partial charge in [0.15, 0.2) is 0 Å². The van der Waals surface area contributed by atoms with Crippen LogP contribution in [0.2, 0.25) is 5.02 Å². The maximum absolute atomic E-state index is 6.02. The fourth-order valence-electron chi connectivity index (χ4n) is 1.66. The van der Waals surface area contributed by atoms with E-state index in [1.807, 2.05) is 13.0 Å². The highest BCUT2D eigenvalue weighted by Crippen LogP contribution is 2.35. The van der Waals surface area contributed by atoms with Gasteiger partial charge in [-0.15, -0.1) is 0 Å². The topological polar surface area (TPSA) is 63.9 Å². The van der Waals surface area contributed by atoms with Gasteiger partial charge in [-0.3, -0.25) is 5.10 Å². The summed E-state index contributed by atoms with van der Waals surface area (Å²) in [7, 11) is 1.61. The van der Waals surface area contributed by atoms with Crippen LogP contribution >= 0.6 is 11.6 Å². The van der Waals surface area contributed by atoms with Crippen LogP contribution in [0.25, 0.3) is 11.1 Å². The molecule has 2 rings (SSSR count). The van der Waals surface area contributed by atoms with Crippen molar-refractivity contribution in [3.8, 4) is 16.9 Å². The quantitative estimate of drug-likeness (QED) is 0.844. The number of benzene rings is 1. The number of rotatable bonds is 2. The zero-order chi connectivity index (χ0) is 11.7. The van der Waals surface area contributed by atoms with E-state index >= 15 is 0 Å². The molecule has 0 saturated carbocycles. The van der Waals surface area contributed by atoms with Gasteiger partial charge in [0.1, 0.15) is 11.6 Å². The predicted octanol–water partition coefficient (Wildman–Crippen LogP) is 2.63. The molecule has 1 aromatic carbocycles. The van der Waals surface area contributed by atoms with Crippen molar-refractivity contribution in [1.29, 1.82) is 0 Å². The lowest BCUT2D eigenvalue weighted by Crippen LogP contribution is -1.93. The van der Waals surface area contributed by atoms with Crippen LogP contribution in [0.5, 0.6) is 5.75 Å². The molecule has 0 atom stereocenters. The van der Waals surface area contributed by atoms with E-state index in [1.54, 1.807) is 19.4 Å². The highest BCUT2D eigenvalue weighted by Gasteiger charge is 2.12. The summed E-state index contributed by atoms with van der Waals surface area (Å²) in [6.45, 7) is 1.96. The average Bonchev–Trinajstić information content (AvgIpc) is 2.67. The van der Waals surface area contributed by atoms with Crippen molar-refractivity contribution >= 4 is 17.4 Å². The minimum absolute atomic E-state index is 0.521. The second-order valence-electron chi connectivity index (χ2n) is 3.48. The summed E-state index contributed by atoms with van der Waals surface area (Å²) >= 11 is 6.02. The third-order valence-electron chi connectivity index (χ3n) is 2.50. The Morgan fingerprint density at radius 2 is 2.12 bits per heavy atom. The Hall–Kier alpha value is -1.68. The van der Waals surface area contributed by atoms with Gasteiger partial charge in [-0.05, 0) is 30.2 Å². The second kappa shape index (κ2) is 4.06. The average molecular weight is 238 g/mol. The first kappa shape index (κ1) is 10.8.